The van der Waals surface area contributed by atoms with Crippen LogP contribution in [0.15, 0.2) is 18.2 Å². The van der Waals surface area contributed by atoms with Gasteiger partial charge in [-0.2, -0.15) is 13.2 Å². The van der Waals surface area contributed by atoms with Crippen molar-refractivity contribution in [3.05, 3.63) is 57.7 Å². The first-order valence-corrected chi connectivity index (χ1v) is 8.96. The third-order valence-electron chi connectivity index (χ3n) is 4.55. The number of hydrogen-bond donors (Lipinski definition) is 1. The van der Waals surface area contributed by atoms with E-state index in [4.69, 9.17) is 10.5 Å². The molecule has 0 radical (unpaired) electrons. The molecule has 0 saturated carbocycles. The standard InChI is InChI=1S/C21H22F5NO2/c1-5-29-16(28)9-15(27)18-19(22)13(8-14(20(18)23)21(24,25)26)17-11(3)6-10(2)7-12(17)4/h6-8,15H,5,9,27H2,1-4H3. The van der Waals surface area contributed by atoms with E-state index in [2.05, 4.69) is 0 Å². The van der Waals surface area contributed by atoms with E-state index in [1.54, 1.807) is 32.9 Å². The lowest BCUT2D eigenvalue weighted by Gasteiger charge is -2.21. The van der Waals surface area contributed by atoms with Gasteiger partial charge in [-0.15, -0.1) is 0 Å². The molecule has 0 heterocycles. The highest BCUT2D eigenvalue weighted by Gasteiger charge is 2.39. The molecule has 0 amide bonds. The minimum absolute atomic E-state index is 0.00607. The second-order valence-electron chi connectivity index (χ2n) is 6.90. The molecule has 1 atom stereocenters. The van der Waals surface area contributed by atoms with Crippen molar-refractivity contribution in [2.45, 2.75) is 46.3 Å². The van der Waals surface area contributed by atoms with Gasteiger partial charge in [0.1, 0.15) is 11.6 Å². The summed E-state index contributed by atoms with van der Waals surface area (Å²) in [6.45, 7) is 6.59. The number of ether oxygens (including phenoxy) is 1. The number of alkyl halides is 3. The van der Waals surface area contributed by atoms with Crippen LogP contribution < -0.4 is 5.73 Å². The number of hydrogen-bond acceptors (Lipinski definition) is 3. The van der Waals surface area contributed by atoms with E-state index in [1.165, 1.54) is 6.92 Å². The van der Waals surface area contributed by atoms with Gasteiger partial charge in [0.15, 0.2) is 0 Å². The number of esters is 1. The van der Waals surface area contributed by atoms with Crippen LogP contribution in [0.5, 0.6) is 0 Å². The molecular weight excluding hydrogens is 393 g/mol. The Bertz CT molecular complexity index is 915. The smallest absolute Gasteiger partial charge is 0.419 e. The van der Waals surface area contributed by atoms with Crippen molar-refractivity contribution in [3.8, 4) is 11.1 Å². The molecule has 0 bridgehead atoms. The molecule has 2 N–H and O–H groups in total. The van der Waals surface area contributed by atoms with Gasteiger partial charge in [-0.05, 0) is 50.5 Å². The zero-order valence-corrected chi connectivity index (χ0v) is 16.5. The average molecular weight is 415 g/mol. The molecule has 3 nitrogen and oxygen atoms in total. The fraction of sp³-hybridized carbons (Fsp3) is 0.381. The van der Waals surface area contributed by atoms with Crippen molar-refractivity contribution in [3.63, 3.8) is 0 Å². The molecule has 0 aliphatic rings. The molecule has 0 aromatic heterocycles. The predicted molar refractivity (Wildman–Crippen MR) is 99.2 cm³/mol. The van der Waals surface area contributed by atoms with Crippen LogP contribution in [0.1, 0.15) is 47.2 Å². The van der Waals surface area contributed by atoms with Crippen LogP contribution in [0.3, 0.4) is 0 Å². The largest absolute Gasteiger partial charge is 0.466 e. The van der Waals surface area contributed by atoms with E-state index in [1.807, 2.05) is 0 Å². The van der Waals surface area contributed by atoms with E-state index in [0.29, 0.717) is 17.2 Å². The van der Waals surface area contributed by atoms with Crippen LogP contribution in [0, 0.1) is 32.4 Å². The van der Waals surface area contributed by atoms with Gasteiger partial charge in [-0.1, -0.05) is 17.7 Å². The molecule has 0 spiro atoms. The number of rotatable bonds is 5. The Morgan fingerprint density at radius 1 is 1.07 bits per heavy atom. The van der Waals surface area contributed by atoms with Gasteiger partial charge in [0.2, 0.25) is 0 Å². The quantitative estimate of drug-likeness (QED) is 0.516. The van der Waals surface area contributed by atoms with E-state index < -0.39 is 52.9 Å². The molecule has 0 saturated heterocycles. The lowest BCUT2D eigenvalue weighted by molar-refractivity contribution is -0.143. The maximum atomic E-state index is 15.3. The minimum Gasteiger partial charge on any atom is -0.466 e. The molecule has 2 rings (SSSR count). The monoisotopic (exact) mass is 415 g/mol. The van der Waals surface area contributed by atoms with Crippen molar-refractivity contribution in [2.24, 2.45) is 5.73 Å². The van der Waals surface area contributed by atoms with Gasteiger partial charge >= 0.3 is 12.1 Å². The number of aryl methyl sites for hydroxylation is 3. The minimum atomic E-state index is -5.07. The average Bonchev–Trinajstić information content (AvgIpc) is 2.54. The SMILES string of the molecule is CCOC(=O)CC(N)c1c(F)c(-c2c(C)cc(C)cc2C)cc(C(F)(F)F)c1F. The Hall–Kier alpha value is -2.48. The highest BCUT2D eigenvalue weighted by molar-refractivity contribution is 5.75. The van der Waals surface area contributed by atoms with Gasteiger partial charge in [0, 0.05) is 17.2 Å². The summed E-state index contributed by atoms with van der Waals surface area (Å²) >= 11 is 0. The summed E-state index contributed by atoms with van der Waals surface area (Å²) in [5.74, 6) is -3.90. The molecule has 29 heavy (non-hydrogen) atoms. The van der Waals surface area contributed by atoms with Gasteiger partial charge in [0.05, 0.1) is 18.6 Å². The van der Waals surface area contributed by atoms with Crippen LogP contribution in [0.4, 0.5) is 22.0 Å². The highest BCUT2D eigenvalue weighted by Crippen LogP contribution is 2.41. The van der Waals surface area contributed by atoms with Crippen LogP contribution in [0.25, 0.3) is 11.1 Å². The second-order valence-corrected chi connectivity index (χ2v) is 6.90. The van der Waals surface area contributed by atoms with Crippen LogP contribution in [-0.2, 0) is 15.7 Å². The molecule has 0 aliphatic heterocycles. The third-order valence-corrected chi connectivity index (χ3v) is 4.55. The Kier molecular flexibility index (Phi) is 6.67. The number of nitrogens with two attached hydrogens (primary N) is 1. The summed E-state index contributed by atoms with van der Waals surface area (Å²) in [7, 11) is 0. The van der Waals surface area contributed by atoms with Gasteiger partial charge in [0.25, 0.3) is 0 Å². The van der Waals surface area contributed by atoms with E-state index in [9.17, 15) is 22.4 Å². The zero-order valence-electron chi connectivity index (χ0n) is 16.5. The summed E-state index contributed by atoms with van der Waals surface area (Å²) in [5.41, 5.74) is 4.85. The molecular formula is C21H22F5NO2. The van der Waals surface area contributed by atoms with Crippen molar-refractivity contribution in [1.29, 1.82) is 0 Å². The van der Waals surface area contributed by atoms with Gasteiger partial charge < -0.3 is 10.5 Å². The maximum Gasteiger partial charge on any atom is 0.419 e. The summed E-state index contributed by atoms with van der Waals surface area (Å²) < 4.78 is 75.1. The molecule has 1 unspecified atom stereocenters. The Labute approximate surface area is 165 Å². The van der Waals surface area contributed by atoms with E-state index in [-0.39, 0.29) is 12.2 Å². The van der Waals surface area contributed by atoms with Gasteiger partial charge in [-0.25, -0.2) is 8.78 Å². The Morgan fingerprint density at radius 2 is 1.62 bits per heavy atom. The Balaban J connectivity index is 2.79. The van der Waals surface area contributed by atoms with Gasteiger partial charge in [-0.3, -0.25) is 4.79 Å². The van der Waals surface area contributed by atoms with E-state index in [0.717, 1.165) is 5.56 Å². The normalized spacial score (nSPS) is 12.8. The van der Waals surface area contributed by atoms with Crippen molar-refractivity contribution >= 4 is 5.97 Å². The first-order chi connectivity index (χ1) is 13.4. The summed E-state index contributed by atoms with van der Waals surface area (Å²) in [4.78, 5) is 11.7. The molecule has 2 aromatic rings. The highest BCUT2D eigenvalue weighted by atomic mass is 19.4. The van der Waals surface area contributed by atoms with Crippen molar-refractivity contribution in [2.75, 3.05) is 6.61 Å². The fourth-order valence-electron chi connectivity index (χ4n) is 3.48. The first-order valence-electron chi connectivity index (χ1n) is 8.96. The zero-order chi connectivity index (χ0) is 22.1. The summed E-state index contributed by atoms with van der Waals surface area (Å²) in [5, 5.41) is 0. The number of carbonyl (C=O) groups is 1. The number of halogens is 5. The van der Waals surface area contributed by atoms with Crippen LogP contribution in [0.2, 0.25) is 0 Å². The summed E-state index contributed by atoms with van der Waals surface area (Å²) in [6, 6.07) is 2.20. The lowest BCUT2D eigenvalue weighted by Crippen LogP contribution is -2.22. The second kappa shape index (κ2) is 8.49. The topological polar surface area (TPSA) is 52.3 Å². The van der Waals surface area contributed by atoms with Crippen LogP contribution >= 0.6 is 0 Å². The molecule has 0 fully saturated rings. The molecule has 158 valence electrons. The maximum absolute atomic E-state index is 15.3. The van der Waals surface area contributed by atoms with E-state index >= 15 is 4.39 Å². The lowest BCUT2D eigenvalue weighted by atomic mass is 9.88. The van der Waals surface area contributed by atoms with Crippen molar-refractivity contribution in [1.82, 2.24) is 0 Å². The van der Waals surface area contributed by atoms with Crippen LogP contribution in [-0.4, -0.2) is 12.6 Å². The van der Waals surface area contributed by atoms with Crippen molar-refractivity contribution < 1.29 is 31.5 Å². The Morgan fingerprint density at radius 3 is 2.10 bits per heavy atom. The third kappa shape index (κ3) is 4.75. The molecule has 2 aromatic carbocycles. The predicted octanol–water partition coefficient (Wildman–Crippen LogP) is 5.53. The number of carbonyl (C=O) groups excluding carboxylic acids is 1. The number of benzene rings is 2. The molecule has 0 aliphatic carbocycles. The summed E-state index contributed by atoms with van der Waals surface area (Å²) in [6.07, 6.45) is -5.73. The first kappa shape index (κ1) is 22.8. The molecule has 8 heteroatoms. The fourth-order valence-corrected chi connectivity index (χ4v) is 3.48.